The molecule has 0 amide bonds. The maximum atomic E-state index is 4.80. The van der Waals surface area contributed by atoms with Crippen LogP contribution in [0.5, 0.6) is 0 Å². The van der Waals surface area contributed by atoms with Crippen LogP contribution in [0.15, 0.2) is 29.4 Å². The van der Waals surface area contributed by atoms with Gasteiger partial charge in [0, 0.05) is 34.6 Å². The Kier molecular flexibility index (Phi) is 2.87. The largest absolute Gasteiger partial charge is 0.345 e. The molecule has 6 rings (SSSR count). The fourth-order valence-electron chi connectivity index (χ4n) is 5.14. The molecular formula is C19H24N4. The Labute approximate surface area is 137 Å². The number of fused-ring (bicyclic) bond motifs is 3. The summed E-state index contributed by atoms with van der Waals surface area (Å²) in [4.78, 5) is 2.65. The molecule has 2 aromatic rings. The van der Waals surface area contributed by atoms with Crippen LogP contribution in [0.3, 0.4) is 0 Å². The van der Waals surface area contributed by atoms with Gasteiger partial charge in [0.2, 0.25) is 0 Å². The quantitative estimate of drug-likeness (QED) is 0.925. The van der Waals surface area contributed by atoms with Gasteiger partial charge in [-0.1, -0.05) is 18.2 Å². The highest BCUT2D eigenvalue weighted by molar-refractivity contribution is 5.96. The van der Waals surface area contributed by atoms with E-state index >= 15 is 0 Å². The first-order chi connectivity index (χ1) is 11.3. The van der Waals surface area contributed by atoms with Crippen molar-refractivity contribution in [2.24, 2.45) is 11.0 Å². The number of para-hydroxylation sites is 1. The molecule has 2 bridgehead atoms. The number of hydrogen-bond acceptors (Lipinski definition) is 3. The second-order valence-corrected chi connectivity index (χ2v) is 7.16. The minimum absolute atomic E-state index is 0.311. The summed E-state index contributed by atoms with van der Waals surface area (Å²) in [7, 11) is 0. The molecule has 5 heterocycles. The average Bonchev–Trinajstić information content (AvgIpc) is 3.15. The van der Waals surface area contributed by atoms with E-state index in [4.69, 9.17) is 5.10 Å². The van der Waals surface area contributed by atoms with Gasteiger partial charge in [0.05, 0.1) is 17.8 Å². The normalized spacial score (nSPS) is 32.0. The summed E-state index contributed by atoms with van der Waals surface area (Å²) in [5.74, 6) is 0.710. The minimum Gasteiger partial charge on any atom is -0.345 e. The molecule has 23 heavy (non-hydrogen) atoms. The average molecular weight is 308 g/mol. The number of nitrogens with one attached hydrogen (secondary N) is 1. The van der Waals surface area contributed by atoms with Crippen LogP contribution < -0.4 is 5.43 Å². The van der Waals surface area contributed by atoms with E-state index in [1.54, 1.807) is 0 Å². The van der Waals surface area contributed by atoms with Crippen LogP contribution in [0.25, 0.3) is 10.9 Å². The lowest BCUT2D eigenvalue weighted by atomic mass is 9.78. The van der Waals surface area contributed by atoms with Crippen LogP contribution in [0, 0.1) is 12.8 Å². The van der Waals surface area contributed by atoms with Gasteiger partial charge in [0.1, 0.15) is 0 Å². The number of rotatable bonds is 2. The highest BCUT2D eigenvalue weighted by Gasteiger charge is 2.47. The van der Waals surface area contributed by atoms with Crippen LogP contribution in [0.1, 0.15) is 37.1 Å². The lowest BCUT2D eigenvalue weighted by molar-refractivity contribution is 0.134. The second kappa shape index (κ2) is 4.84. The lowest BCUT2D eigenvalue weighted by Crippen LogP contribution is -2.56. The van der Waals surface area contributed by atoms with Crippen LogP contribution in [0.4, 0.5) is 0 Å². The summed E-state index contributed by atoms with van der Waals surface area (Å²) in [6.45, 7) is 7.99. The number of piperidine rings is 3. The molecule has 1 N–H and O–H groups in total. The SMILES string of the molecule is CCn1c(C)c(C2NN=C3C4CCN(CC4)C32)c2ccccc21. The third-order valence-corrected chi connectivity index (χ3v) is 6.20. The van der Waals surface area contributed by atoms with Crippen molar-refractivity contribution in [3.05, 3.63) is 35.5 Å². The van der Waals surface area contributed by atoms with Gasteiger partial charge in [-0.25, -0.2) is 0 Å². The molecular weight excluding hydrogens is 284 g/mol. The van der Waals surface area contributed by atoms with Crippen molar-refractivity contribution in [3.8, 4) is 0 Å². The van der Waals surface area contributed by atoms with E-state index in [0.717, 1.165) is 6.54 Å². The molecule has 1 aromatic carbocycles. The van der Waals surface area contributed by atoms with E-state index in [1.165, 1.54) is 53.8 Å². The summed E-state index contributed by atoms with van der Waals surface area (Å²) >= 11 is 0. The number of benzene rings is 1. The van der Waals surface area contributed by atoms with Gasteiger partial charge in [0.25, 0.3) is 0 Å². The molecule has 2 atom stereocenters. The van der Waals surface area contributed by atoms with E-state index in [1.807, 2.05) is 0 Å². The van der Waals surface area contributed by atoms with Crippen molar-refractivity contribution in [3.63, 3.8) is 0 Å². The molecule has 120 valence electrons. The minimum atomic E-state index is 0.311. The van der Waals surface area contributed by atoms with Gasteiger partial charge in [-0.3, -0.25) is 4.90 Å². The van der Waals surface area contributed by atoms with E-state index in [0.29, 0.717) is 18.0 Å². The molecule has 0 saturated carbocycles. The van der Waals surface area contributed by atoms with E-state index < -0.39 is 0 Å². The standard InChI is InChI=1S/C19H24N4/c1-3-23-12(2)16(14-6-4-5-7-15(14)23)18-19-17(20-21-18)13-8-10-22(19)11-9-13/h4-7,13,18-19,21H,3,8-11H2,1-2H3. The molecule has 0 radical (unpaired) electrons. The van der Waals surface area contributed by atoms with Crippen molar-refractivity contribution in [2.75, 3.05) is 13.1 Å². The first-order valence-corrected chi connectivity index (χ1v) is 8.94. The number of hydrogen-bond donors (Lipinski definition) is 1. The van der Waals surface area contributed by atoms with Crippen LogP contribution in [-0.4, -0.2) is 34.3 Å². The predicted molar refractivity (Wildman–Crippen MR) is 93.7 cm³/mol. The molecule has 4 heteroatoms. The summed E-state index contributed by atoms with van der Waals surface area (Å²) in [6.07, 6.45) is 2.58. The van der Waals surface area contributed by atoms with E-state index in [-0.39, 0.29) is 0 Å². The van der Waals surface area contributed by atoms with Gasteiger partial charge in [0.15, 0.2) is 0 Å². The van der Waals surface area contributed by atoms with Crippen molar-refractivity contribution in [2.45, 2.75) is 45.3 Å². The maximum Gasteiger partial charge on any atom is 0.0922 e. The Morgan fingerprint density at radius 2 is 2.00 bits per heavy atom. The number of aromatic nitrogens is 1. The highest BCUT2D eigenvalue weighted by atomic mass is 15.4. The molecule has 2 unspecified atom stereocenters. The molecule has 4 aliphatic rings. The Hall–Kier alpha value is -1.81. The number of hydrazone groups is 1. The highest BCUT2D eigenvalue weighted by Crippen LogP contribution is 2.42. The van der Waals surface area contributed by atoms with Gasteiger partial charge in [-0.2, -0.15) is 5.10 Å². The molecule has 0 spiro atoms. The van der Waals surface area contributed by atoms with Crippen LogP contribution in [0.2, 0.25) is 0 Å². The van der Waals surface area contributed by atoms with Gasteiger partial charge >= 0.3 is 0 Å². The third-order valence-electron chi connectivity index (χ3n) is 6.20. The third kappa shape index (κ3) is 1.73. The zero-order valence-electron chi connectivity index (χ0n) is 13.9. The van der Waals surface area contributed by atoms with Crippen molar-refractivity contribution < 1.29 is 0 Å². The first-order valence-electron chi connectivity index (χ1n) is 8.94. The Bertz CT molecular complexity index is 795. The summed E-state index contributed by atoms with van der Waals surface area (Å²) < 4.78 is 2.45. The fraction of sp³-hybridized carbons (Fsp3) is 0.526. The number of aryl methyl sites for hydroxylation is 1. The molecule has 3 saturated heterocycles. The summed E-state index contributed by atoms with van der Waals surface area (Å²) in [5, 5.41) is 6.19. The Morgan fingerprint density at radius 1 is 1.22 bits per heavy atom. The fourth-order valence-corrected chi connectivity index (χ4v) is 5.14. The van der Waals surface area contributed by atoms with Gasteiger partial charge in [-0.15, -0.1) is 0 Å². The van der Waals surface area contributed by atoms with E-state index in [9.17, 15) is 0 Å². The smallest absolute Gasteiger partial charge is 0.0922 e. The van der Waals surface area contributed by atoms with Gasteiger partial charge < -0.3 is 9.99 Å². The van der Waals surface area contributed by atoms with Crippen molar-refractivity contribution in [1.82, 2.24) is 14.9 Å². The van der Waals surface area contributed by atoms with Crippen LogP contribution in [-0.2, 0) is 6.54 Å². The maximum absolute atomic E-state index is 4.80. The van der Waals surface area contributed by atoms with E-state index in [2.05, 4.69) is 53.0 Å². The topological polar surface area (TPSA) is 32.6 Å². The molecule has 4 aliphatic heterocycles. The molecule has 4 nitrogen and oxygen atoms in total. The zero-order chi connectivity index (χ0) is 15.6. The van der Waals surface area contributed by atoms with Crippen molar-refractivity contribution in [1.29, 1.82) is 0 Å². The first kappa shape index (κ1) is 13.6. The van der Waals surface area contributed by atoms with Crippen molar-refractivity contribution >= 4 is 16.6 Å². The van der Waals surface area contributed by atoms with Gasteiger partial charge in [-0.05, 0) is 45.8 Å². The monoisotopic (exact) mass is 308 g/mol. The Morgan fingerprint density at radius 3 is 2.78 bits per heavy atom. The lowest BCUT2D eigenvalue weighted by Gasteiger charge is -2.45. The predicted octanol–water partition coefficient (Wildman–Crippen LogP) is 3.06. The van der Waals surface area contributed by atoms with Crippen LogP contribution >= 0.6 is 0 Å². The second-order valence-electron chi connectivity index (χ2n) is 7.16. The number of nitrogens with zero attached hydrogens (tertiary/aromatic N) is 3. The molecule has 3 fully saturated rings. The molecule has 0 aliphatic carbocycles. The molecule has 1 aromatic heterocycles. The Balaban J connectivity index is 1.66. The summed E-state index contributed by atoms with van der Waals surface area (Å²) in [6, 6.07) is 9.62. The summed E-state index contributed by atoms with van der Waals surface area (Å²) in [5.41, 5.74) is 9.14. The zero-order valence-corrected chi connectivity index (χ0v) is 13.9.